The van der Waals surface area contributed by atoms with Crippen molar-refractivity contribution in [3.8, 4) is 34.2 Å². The van der Waals surface area contributed by atoms with Gasteiger partial charge in [0.15, 0.2) is 11.6 Å². The molecule has 1 fully saturated rings. The molecule has 5 rings (SSSR count). The summed E-state index contributed by atoms with van der Waals surface area (Å²) >= 11 is 0. The quantitative estimate of drug-likeness (QED) is 0.424. The van der Waals surface area contributed by atoms with Crippen LogP contribution in [0.3, 0.4) is 0 Å². The van der Waals surface area contributed by atoms with Crippen LogP contribution in [0.1, 0.15) is 18.4 Å². The van der Waals surface area contributed by atoms with Crippen LogP contribution in [0, 0.1) is 17.1 Å². The molecule has 2 aromatic heterocycles. The third-order valence-electron chi connectivity index (χ3n) is 6.92. The number of rotatable bonds is 5. The average Bonchev–Trinajstić information content (AvgIpc) is 3.43. The molecule has 9 nitrogen and oxygen atoms in total. The molecule has 0 atom stereocenters. The topological polar surface area (TPSA) is 98.8 Å². The SMILES string of the molecule is CNC(=O)Oc1ccc(-c2c(-c3ccc(C#N)cc3)nc(N3CCC(N(C)C)CC3)n3ccnc23)cc1F. The fraction of sp³-hybridized carbons (Fsp3) is 0.286. The maximum Gasteiger partial charge on any atom is 0.412 e. The number of ether oxygens (including phenoxy) is 1. The van der Waals surface area contributed by atoms with Crippen LogP contribution in [0.4, 0.5) is 15.1 Å². The van der Waals surface area contributed by atoms with E-state index in [9.17, 15) is 10.1 Å². The fourth-order valence-electron chi connectivity index (χ4n) is 4.84. The number of carbonyl (C=O) groups excluding carboxylic acids is 1. The van der Waals surface area contributed by atoms with Crippen LogP contribution in [-0.2, 0) is 0 Å². The average molecular weight is 514 g/mol. The molecule has 1 aliphatic rings. The molecule has 0 spiro atoms. The maximum absolute atomic E-state index is 15.1. The van der Waals surface area contributed by atoms with E-state index in [1.54, 1.807) is 24.4 Å². The first-order valence-corrected chi connectivity index (χ1v) is 12.4. The Morgan fingerprint density at radius 2 is 1.87 bits per heavy atom. The number of nitrogens with one attached hydrogen (secondary N) is 1. The Labute approximate surface area is 220 Å². The van der Waals surface area contributed by atoms with Gasteiger partial charge in [-0.15, -0.1) is 0 Å². The van der Waals surface area contributed by atoms with E-state index in [0.29, 0.717) is 34.1 Å². The van der Waals surface area contributed by atoms with Crippen molar-refractivity contribution in [3.05, 3.63) is 66.2 Å². The molecule has 0 saturated carbocycles. The van der Waals surface area contributed by atoms with E-state index < -0.39 is 11.9 Å². The summed E-state index contributed by atoms with van der Waals surface area (Å²) in [5.74, 6) is -0.102. The third-order valence-corrected chi connectivity index (χ3v) is 6.92. The summed E-state index contributed by atoms with van der Waals surface area (Å²) in [5.41, 5.74) is 3.73. The van der Waals surface area contributed by atoms with Crippen LogP contribution < -0.4 is 15.0 Å². The minimum absolute atomic E-state index is 0.180. The molecule has 38 heavy (non-hydrogen) atoms. The maximum atomic E-state index is 15.1. The Balaban J connectivity index is 1.66. The van der Waals surface area contributed by atoms with E-state index in [2.05, 4.69) is 40.3 Å². The van der Waals surface area contributed by atoms with Crippen molar-refractivity contribution in [2.45, 2.75) is 18.9 Å². The number of fused-ring (bicyclic) bond motifs is 1. The highest BCUT2D eigenvalue weighted by atomic mass is 19.1. The second-order valence-corrected chi connectivity index (χ2v) is 9.41. The molecule has 1 aliphatic heterocycles. The van der Waals surface area contributed by atoms with Crippen LogP contribution in [0.5, 0.6) is 5.75 Å². The lowest BCUT2D eigenvalue weighted by molar-refractivity contribution is 0.201. The van der Waals surface area contributed by atoms with Gasteiger partial charge in [-0.25, -0.2) is 19.2 Å². The van der Waals surface area contributed by atoms with E-state index in [1.807, 2.05) is 22.7 Å². The van der Waals surface area contributed by atoms with Crippen molar-refractivity contribution >= 4 is 17.7 Å². The number of aromatic nitrogens is 3. The lowest BCUT2D eigenvalue weighted by Gasteiger charge is -2.36. The van der Waals surface area contributed by atoms with Gasteiger partial charge in [0.05, 0.1) is 22.9 Å². The first-order chi connectivity index (χ1) is 18.4. The van der Waals surface area contributed by atoms with Crippen molar-refractivity contribution in [1.29, 1.82) is 5.26 Å². The van der Waals surface area contributed by atoms with Crippen molar-refractivity contribution in [3.63, 3.8) is 0 Å². The second kappa shape index (κ2) is 10.5. The third kappa shape index (κ3) is 4.76. The Morgan fingerprint density at radius 1 is 1.16 bits per heavy atom. The van der Waals surface area contributed by atoms with Crippen LogP contribution in [-0.4, -0.2) is 65.6 Å². The van der Waals surface area contributed by atoms with Gasteiger partial charge in [-0.05, 0) is 56.8 Å². The van der Waals surface area contributed by atoms with Gasteiger partial charge in [0.25, 0.3) is 0 Å². The molecule has 10 heteroatoms. The smallest absolute Gasteiger partial charge is 0.407 e. The van der Waals surface area contributed by atoms with Gasteiger partial charge >= 0.3 is 6.09 Å². The minimum Gasteiger partial charge on any atom is -0.407 e. The highest BCUT2D eigenvalue weighted by molar-refractivity contribution is 5.91. The minimum atomic E-state index is -0.755. The number of anilines is 1. The van der Waals surface area contributed by atoms with Gasteiger partial charge in [-0.2, -0.15) is 5.26 Å². The Hall–Kier alpha value is -4.49. The summed E-state index contributed by atoms with van der Waals surface area (Å²) in [6.45, 7) is 1.69. The summed E-state index contributed by atoms with van der Waals surface area (Å²) in [6.07, 6.45) is 4.84. The number of benzene rings is 2. The Bertz CT molecular complexity index is 1520. The fourth-order valence-corrected chi connectivity index (χ4v) is 4.84. The lowest BCUT2D eigenvalue weighted by atomic mass is 9.99. The predicted molar refractivity (Wildman–Crippen MR) is 143 cm³/mol. The molecule has 0 bridgehead atoms. The first kappa shape index (κ1) is 25.2. The number of carbonyl (C=O) groups is 1. The predicted octanol–water partition coefficient (Wildman–Crippen LogP) is 4.32. The number of hydrogen-bond donors (Lipinski definition) is 1. The van der Waals surface area contributed by atoms with Crippen molar-refractivity contribution in [2.75, 3.05) is 39.1 Å². The molecule has 1 amide bonds. The molecule has 194 valence electrons. The van der Waals surface area contributed by atoms with Crippen LogP contribution in [0.2, 0.25) is 0 Å². The van der Waals surface area contributed by atoms with Gasteiger partial charge < -0.3 is 19.9 Å². The van der Waals surface area contributed by atoms with Crippen LogP contribution in [0.15, 0.2) is 54.9 Å². The van der Waals surface area contributed by atoms with Gasteiger partial charge in [0.1, 0.15) is 5.65 Å². The van der Waals surface area contributed by atoms with E-state index in [0.717, 1.165) is 37.4 Å². The summed E-state index contributed by atoms with van der Waals surface area (Å²) < 4.78 is 22.0. The zero-order chi connectivity index (χ0) is 26.8. The zero-order valence-electron chi connectivity index (χ0n) is 21.5. The number of nitrogens with zero attached hydrogens (tertiary/aromatic N) is 6. The number of imidazole rings is 1. The highest BCUT2D eigenvalue weighted by Gasteiger charge is 2.26. The summed E-state index contributed by atoms with van der Waals surface area (Å²) in [5, 5.41) is 11.6. The van der Waals surface area contributed by atoms with Gasteiger partial charge in [0.2, 0.25) is 5.95 Å². The largest absolute Gasteiger partial charge is 0.412 e. The molecular formula is C28H28FN7O2. The number of piperidine rings is 1. The molecule has 0 radical (unpaired) electrons. The summed E-state index contributed by atoms with van der Waals surface area (Å²) in [6, 6.07) is 14.2. The number of halogens is 1. The molecule has 4 aromatic rings. The van der Waals surface area contributed by atoms with Crippen molar-refractivity contribution in [2.24, 2.45) is 0 Å². The zero-order valence-corrected chi connectivity index (χ0v) is 21.5. The van der Waals surface area contributed by atoms with Crippen LogP contribution >= 0.6 is 0 Å². The molecule has 0 aliphatic carbocycles. The Morgan fingerprint density at radius 3 is 2.50 bits per heavy atom. The van der Waals surface area contributed by atoms with Crippen molar-refractivity contribution < 1.29 is 13.9 Å². The van der Waals surface area contributed by atoms with Crippen molar-refractivity contribution in [1.82, 2.24) is 24.6 Å². The van der Waals surface area contributed by atoms with E-state index in [1.165, 1.54) is 19.2 Å². The Kier molecular flexibility index (Phi) is 6.94. The van der Waals surface area contributed by atoms with E-state index in [4.69, 9.17) is 9.72 Å². The summed E-state index contributed by atoms with van der Waals surface area (Å²) in [4.78, 5) is 25.9. The molecule has 1 saturated heterocycles. The number of hydrogen-bond acceptors (Lipinski definition) is 7. The second-order valence-electron chi connectivity index (χ2n) is 9.41. The standard InChI is InChI=1S/C28H28FN7O2/c1-31-28(37)38-23-9-8-20(16-22(23)29)24-25(19-6-4-18(17-30)5-7-19)33-27(36-15-12-32-26(24)36)35-13-10-21(11-14-35)34(2)3/h4-9,12,15-16,21H,10-11,13-14H2,1-3H3,(H,31,37). The molecular weight excluding hydrogens is 485 g/mol. The van der Waals surface area contributed by atoms with Gasteiger partial charge in [-0.1, -0.05) is 18.2 Å². The number of nitriles is 1. The molecule has 2 aromatic carbocycles. The van der Waals surface area contributed by atoms with Gasteiger partial charge in [0, 0.05) is 44.1 Å². The highest BCUT2D eigenvalue weighted by Crippen LogP contribution is 2.38. The van der Waals surface area contributed by atoms with E-state index >= 15 is 4.39 Å². The first-order valence-electron chi connectivity index (χ1n) is 12.4. The summed E-state index contributed by atoms with van der Waals surface area (Å²) in [7, 11) is 5.62. The monoisotopic (exact) mass is 513 g/mol. The molecule has 3 heterocycles. The number of amides is 1. The lowest BCUT2D eigenvalue weighted by Crippen LogP contribution is -2.43. The molecule has 1 N–H and O–H groups in total. The van der Waals surface area contributed by atoms with Gasteiger partial charge in [-0.3, -0.25) is 4.40 Å². The normalized spacial score (nSPS) is 14.1. The van der Waals surface area contributed by atoms with Crippen LogP contribution in [0.25, 0.3) is 28.0 Å². The van der Waals surface area contributed by atoms with E-state index in [-0.39, 0.29) is 5.75 Å². The molecule has 0 unspecified atom stereocenters.